The first kappa shape index (κ1) is 13.6. The van der Waals surface area contributed by atoms with Crippen molar-refractivity contribution >= 4 is 11.6 Å². The molecule has 3 rings (SSSR count). The number of hydrogen-bond acceptors (Lipinski definition) is 2. The van der Waals surface area contributed by atoms with E-state index in [1.165, 1.54) is 0 Å². The first-order chi connectivity index (χ1) is 10.1. The van der Waals surface area contributed by atoms with Gasteiger partial charge in [-0.2, -0.15) is 4.98 Å². The Labute approximate surface area is 127 Å². The summed E-state index contributed by atoms with van der Waals surface area (Å²) in [5.41, 5.74) is 2.92. The molecule has 0 amide bonds. The molecule has 0 aliphatic heterocycles. The van der Waals surface area contributed by atoms with Crippen LogP contribution in [0.1, 0.15) is 5.69 Å². The Balaban J connectivity index is 2.29. The summed E-state index contributed by atoms with van der Waals surface area (Å²) in [6.45, 7) is 1.82. The summed E-state index contributed by atoms with van der Waals surface area (Å²) in [5, 5.41) is 0.665. The van der Waals surface area contributed by atoms with Crippen LogP contribution in [0.3, 0.4) is 0 Å². The molecule has 0 atom stereocenters. The van der Waals surface area contributed by atoms with E-state index in [2.05, 4.69) is 4.98 Å². The minimum atomic E-state index is -0.286. The molecule has 0 radical (unpaired) electrons. The zero-order valence-corrected chi connectivity index (χ0v) is 12.2. The van der Waals surface area contributed by atoms with Gasteiger partial charge in [0, 0.05) is 10.7 Å². The predicted molar refractivity (Wildman–Crippen MR) is 85.0 cm³/mol. The van der Waals surface area contributed by atoms with Gasteiger partial charge in [0.25, 0.3) is 0 Å². The standard InChI is InChI=1S/C17H13ClN2O/c1-12-11-16(13-7-9-14(18)10-8-13)20(17(21)19-12)15-5-3-2-4-6-15/h2-11H,1H3. The summed E-state index contributed by atoms with van der Waals surface area (Å²) >= 11 is 5.94. The number of benzene rings is 2. The van der Waals surface area contributed by atoms with Gasteiger partial charge >= 0.3 is 5.69 Å². The highest BCUT2D eigenvalue weighted by Gasteiger charge is 2.10. The number of rotatable bonds is 2. The number of para-hydroxylation sites is 1. The molecule has 0 saturated carbocycles. The predicted octanol–water partition coefficient (Wildman–Crippen LogP) is 3.86. The summed E-state index contributed by atoms with van der Waals surface area (Å²) in [5.74, 6) is 0. The van der Waals surface area contributed by atoms with E-state index in [9.17, 15) is 4.79 Å². The van der Waals surface area contributed by atoms with Gasteiger partial charge < -0.3 is 0 Å². The molecule has 104 valence electrons. The van der Waals surface area contributed by atoms with E-state index >= 15 is 0 Å². The maximum Gasteiger partial charge on any atom is 0.352 e. The summed E-state index contributed by atoms with van der Waals surface area (Å²) < 4.78 is 1.61. The highest BCUT2D eigenvalue weighted by atomic mass is 35.5. The average molecular weight is 297 g/mol. The summed E-state index contributed by atoms with van der Waals surface area (Å²) in [4.78, 5) is 16.4. The molecule has 0 saturated heterocycles. The molecule has 0 bridgehead atoms. The minimum Gasteiger partial charge on any atom is -0.261 e. The largest absolute Gasteiger partial charge is 0.352 e. The Morgan fingerprint density at radius 2 is 1.67 bits per heavy atom. The maximum atomic E-state index is 12.3. The van der Waals surface area contributed by atoms with E-state index < -0.39 is 0 Å². The van der Waals surface area contributed by atoms with Crippen molar-refractivity contribution in [3.63, 3.8) is 0 Å². The quantitative estimate of drug-likeness (QED) is 0.720. The van der Waals surface area contributed by atoms with E-state index in [-0.39, 0.29) is 5.69 Å². The zero-order chi connectivity index (χ0) is 14.8. The van der Waals surface area contributed by atoms with E-state index in [0.29, 0.717) is 10.7 Å². The Bertz CT molecular complexity index is 824. The summed E-state index contributed by atoms with van der Waals surface area (Å²) in [6, 6.07) is 18.8. The van der Waals surface area contributed by atoms with Crippen LogP contribution in [0.4, 0.5) is 0 Å². The third-order valence-corrected chi connectivity index (χ3v) is 3.46. The van der Waals surface area contributed by atoms with Crippen LogP contribution in [0, 0.1) is 6.92 Å². The van der Waals surface area contributed by atoms with Gasteiger partial charge in [-0.3, -0.25) is 4.57 Å². The monoisotopic (exact) mass is 296 g/mol. The summed E-state index contributed by atoms with van der Waals surface area (Å²) in [6.07, 6.45) is 0. The van der Waals surface area contributed by atoms with E-state index in [1.807, 2.05) is 67.6 Å². The van der Waals surface area contributed by atoms with Crippen molar-refractivity contribution in [1.82, 2.24) is 9.55 Å². The molecule has 3 nitrogen and oxygen atoms in total. The highest BCUT2D eigenvalue weighted by molar-refractivity contribution is 6.30. The topological polar surface area (TPSA) is 34.9 Å². The van der Waals surface area contributed by atoms with Gasteiger partial charge in [0.05, 0.1) is 11.4 Å². The Morgan fingerprint density at radius 1 is 1.00 bits per heavy atom. The molecule has 2 aromatic carbocycles. The Hall–Kier alpha value is -2.39. The second-order valence-electron chi connectivity index (χ2n) is 4.74. The van der Waals surface area contributed by atoms with E-state index in [1.54, 1.807) is 4.57 Å². The van der Waals surface area contributed by atoms with Gasteiger partial charge in [-0.1, -0.05) is 41.9 Å². The molecule has 21 heavy (non-hydrogen) atoms. The second-order valence-corrected chi connectivity index (χ2v) is 5.18. The van der Waals surface area contributed by atoms with Crippen molar-refractivity contribution in [3.8, 4) is 16.9 Å². The van der Waals surface area contributed by atoms with E-state index in [0.717, 1.165) is 16.9 Å². The van der Waals surface area contributed by atoms with Crippen LogP contribution in [0.15, 0.2) is 65.5 Å². The molecule has 1 heterocycles. The number of halogens is 1. The van der Waals surface area contributed by atoms with Crippen LogP contribution in [0.25, 0.3) is 16.9 Å². The van der Waals surface area contributed by atoms with Gasteiger partial charge in [0.15, 0.2) is 0 Å². The number of nitrogens with zero attached hydrogens (tertiary/aromatic N) is 2. The molecule has 0 aliphatic rings. The summed E-state index contributed by atoms with van der Waals surface area (Å²) in [7, 11) is 0. The highest BCUT2D eigenvalue weighted by Crippen LogP contribution is 2.23. The van der Waals surface area contributed by atoms with Crippen LogP contribution in [0.2, 0.25) is 5.02 Å². The fraction of sp³-hybridized carbons (Fsp3) is 0.0588. The molecule has 4 heteroatoms. The van der Waals surface area contributed by atoms with Crippen molar-refractivity contribution in [2.24, 2.45) is 0 Å². The third kappa shape index (κ3) is 2.73. The molecular weight excluding hydrogens is 284 g/mol. The number of aryl methyl sites for hydroxylation is 1. The third-order valence-electron chi connectivity index (χ3n) is 3.20. The van der Waals surface area contributed by atoms with Crippen LogP contribution in [0.5, 0.6) is 0 Å². The lowest BCUT2D eigenvalue weighted by Crippen LogP contribution is -2.23. The van der Waals surface area contributed by atoms with Crippen molar-refractivity contribution in [3.05, 3.63) is 81.9 Å². The van der Waals surface area contributed by atoms with Crippen molar-refractivity contribution in [2.45, 2.75) is 6.92 Å². The lowest BCUT2D eigenvalue weighted by Gasteiger charge is -2.13. The lowest BCUT2D eigenvalue weighted by molar-refractivity contribution is 0.903. The Morgan fingerprint density at radius 3 is 2.33 bits per heavy atom. The smallest absolute Gasteiger partial charge is 0.261 e. The molecule has 0 aliphatic carbocycles. The van der Waals surface area contributed by atoms with Gasteiger partial charge in [0.2, 0.25) is 0 Å². The molecule has 1 aromatic heterocycles. The fourth-order valence-electron chi connectivity index (χ4n) is 2.26. The SMILES string of the molecule is Cc1cc(-c2ccc(Cl)cc2)n(-c2ccccc2)c(=O)n1. The fourth-order valence-corrected chi connectivity index (χ4v) is 2.38. The van der Waals surface area contributed by atoms with Gasteiger partial charge in [-0.25, -0.2) is 4.79 Å². The van der Waals surface area contributed by atoms with Crippen molar-refractivity contribution in [2.75, 3.05) is 0 Å². The van der Waals surface area contributed by atoms with Crippen LogP contribution in [-0.2, 0) is 0 Å². The van der Waals surface area contributed by atoms with Crippen LogP contribution < -0.4 is 5.69 Å². The van der Waals surface area contributed by atoms with Crippen LogP contribution >= 0.6 is 11.6 Å². The molecule has 0 spiro atoms. The second kappa shape index (κ2) is 5.54. The lowest BCUT2D eigenvalue weighted by atomic mass is 10.1. The average Bonchev–Trinajstić information content (AvgIpc) is 2.48. The maximum absolute atomic E-state index is 12.3. The molecule has 0 unspecified atom stereocenters. The Kier molecular flexibility index (Phi) is 3.59. The van der Waals surface area contributed by atoms with E-state index in [4.69, 9.17) is 11.6 Å². The molecular formula is C17H13ClN2O. The zero-order valence-electron chi connectivity index (χ0n) is 11.5. The normalized spacial score (nSPS) is 10.6. The first-order valence-electron chi connectivity index (χ1n) is 6.57. The first-order valence-corrected chi connectivity index (χ1v) is 6.95. The van der Waals surface area contributed by atoms with Gasteiger partial charge in [-0.05, 0) is 42.8 Å². The molecule has 0 fully saturated rings. The minimum absolute atomic E-state index is 0.286. The van der Waals surface area contributed by atoms with Crippen molar-refractivity contribution < 1.29 is 0 Å². The molecule has 3 aromatic rings. The van der Waals surface area contributed by atoms with Crippen LogP contribution in [-0.4, -0.2) is 9.55 Å². The van der Waals surface area contributed by atoms with Gasteiger partial charge in [0.1, 0.15) is 0 Å². The molecule has 0 N–H and O–H groups in total. The number of hydrogen-bond donors (Lipinski definition) is 0. The number of aromatic nitrogens is 2. The van der Waals surface area contributed by atoms with Crippen molar-refractivity contribution in [1.29, 1.82) is 0 Å². The van der Waals surface area contributed by atoms with Gasteiger partial charge in [-0.15, -0.1) is 0 Å².